The first kappa shape index (κ1) is 14.4. The van der Waals surface area contributed by atoms with Crippen LogP contribution in [0.1, 0.15) is 43.5 Å². The largest absolute Gasteiger partial charge is 0.294 e. The maximum Gasteiger partial charge on any atom is 0.162 e. The van der Waals surface area contributed by atoms with Crippen LogP contribution in [-0.4, -0.2) is 10.8 Å². The number of carbonyl (C=O) groups excluding carboxylic acids is 1. The highest BCUT2D eigenvalue weighted by atomic mass is 16.1. The van der Waals surface area contributed by atoms with Gasteiger partial charge in [-0.15, -0.1) is 0 Å². The Morgan fingerprint density at radius 2 is 1.85 bits per heavy atom. The van der Waals surface area contributed by atoms with Crippen molar-refractivity contribution in [3.05, 3.63) is 54.4 Å². The Balaban J connectivity index is 1.99. The van der Waals surface area contributed by atoms with Crippen molar-refractivity contribution in [1.29, 1.82) is 0 Å². The second-order valence-electron chi connectivity index (χ2n) is 5.53. The fourth-order valence-corrected chi connectivity index (χ4v) is 2.20. The Morgan fingerprint density at radius 1 is 1.10 bits per heavy atom. The van der Waals surface area contributed by atoms with Gasteiger partial charge < -0.3 is 0 Å². The lowest BCUT2D eigenvalue weighted by atomic mass is 9.99. The van der Waals surface area contributed by atoms with Gasteiger partial charge in [0.1, 0.15) is 0 Å². The molecule has 0 N–H and O–H groups in total. The minimum absolute atomic E-state index is 0.239. The van der Waals surface area contributed by atoms with Crippen molar-refractivity contribution in [2.24, 2.45) is 5.92 Å². The van der Waals surface area contributed by atoms with Crippen LogP contribution in [0.4, 0.5) is 0 Å². The van der Waals surface area contributed by atoms with Gasteiger partial charge in [0, 0.05) is 24.4 Å². The van der Waals surface area contributed by atoms with E-state index >= 15 is 0 Å². The quantitative estimate of drug-likeness (QED) is 0.706. The molecule has 2 heteroatoms. The molecule has 0 aliphatic carbocycles. The van der Waals surface area contributed by atoms with Gasteiger partial charge in [0.15, 0.2) is 5.78 Å². The molecule has 2 rings (SSSR count). The third-order valence-corrected chi connectivity index (χ3v) is 3.39. The van der Waals surface area contributed by atoms with Crippen molar-refractivity contribution >= 4 is 5.78 Å². The second kappa shape index (κ2) is 6.99. The average Bonchev–Trinajstić information content (AvgIpc) is 2.48. The monoisotopic (exact) mass is 267 g/mol. The van der Waals surface area contributed by atoms with Crippen molar-refractivity contribution in [1.82, 2.24) is 4.98 Å². The molecule has 2 aromatic rings. The maximum atomic E-state index is 12.1. The van der Waals surface area contributed by atoms with E-state index in [2.05, 4.69) is 18.8 Å². The van der Waals surface area contributed by atoms with E-state index in [1.54, 1.807) is 6.20 Å². The van der Waals surface area contributed by atoms with Crippen LogP contribution in [0.5, 0.6) is 0 Å². The fourth-order valence-electron chi connectivity index (χ4n) is 2.20. The molecular weight excluding hydrogens is 246 g/mol. The summed E-state index contributed by atoms with van der Waals surface area (Å²) < 4.78 is 0. The summed E-state index contributed by atoms with van der Waals surface area (Å²) in [6.07, 6.45) is 6.32. The minimum atomic E-state index is 0.239. The van der Waals surface area contributed by atoms with E-state index in [1.165, 1.54) is 0 Å². The second-order valence-corrected chi connectivity index (χ2v) is 5.53. The summed E-state index contributed by atoms with van der Waals surface area (Å²) >= 11 is 0. The molecule has 1 heterocycles. The maximum absolute atomic E-state index is 12.1. The van der Waals surface area contributed by atoms with Crippen molar-refractivity contribution in [3.8, 4) is 11.1 Å². The topological polar surface area (TPSA) is 30.0 Å². The molecule has 0 radical (unpaired) electrons. The van der Waals surface area contributed by atoms with Gasteiger partial charge in [0.05, 0.1) is 0 Å². The zero-order valence-electron chi connectivity index (χ0n) is 12.2. The Labute approximate surface area is 120 Å². The number of pyridine rings is 1. The van der Waals surface area contributed by atoms with Crippen LogP contribution >= 0.6 is 0 Å². The summed E-state index contributed by atoms with van der Waals surface area (Å²) in [5.41, 5.74) is 2.98. The van der Waals surface area contributed by atoms with E-state index in [4.69, 9.17) is 0 Å². The number of benzene rings is 1. The molecular formula is C18H21NO. The van der Waals surface area contributed by atoms with Gasteiger partial charge in [0.25, 0.3) is 0 Å². The molecule has 0 unspecified atom stereocenters. The molecule has 0 atom stereocenters. The summed E-state index contributed by atoms with van der Waals surface area (Å²) in [4.78, 5) is 16.2. The molecule has 0 saturated heterocycles. The predicted octanol–water partition coefficient (Wildman–Crippen LogP) is 4.76. The van der Waals surface area contributed by atoms with Crippen LogP contribution in [0.2, 0.25) is 0 Å². The van der Waals surface area contributed by atoms with E-state index in [-0.39, 0.29) is 5.78 Å². The first-order chi connectivity index (χ1) is 9.66. The molecule has 20 heavy (non-hydrogen) atoms. The van der Waals surface area contributed by atoms with Gasteiger partial charge in [-0.2, -0.15) is 0 Å². The lowest BCUT2D eigenvalue weighted by Gasteiger charge is -2.05. The lowest BCUT2D eigenvalue weighted by molar-refractivity contribution is 0.0978. The van der Waals surface area contributed by atoms with Crippen molar-refractivity contribution in [2.75, 3.05) is 0 Å². The van der Waals surface area contributed by atoms with Crippen LogP contribution in [0.3, 0.4) is 0 Å². The van der Waals surface area contributed by atoms with E-state index in [1.807, 2.05) is 42.6 Å². The van der Waals surface area contributed by atoms with E-state index in [9.17, 15) is 4.79 Å². The van der Waals surface area contributed by atoms with Crippen LogP contribution in [0.15, 0.2) is 48.8 Å². The minimum Gasteiger partial charge on any atom is -0.294 e. The third kappa shape index (κ3) is 4.02. The molecule has 0 fully saturated rings. The van der Waals surface area contributed by atoms with Crippen LogP contribution in [-0.2, 0) is 0 Å². The smallest absolute Gasteiger partial charge is 0.162 e. The van der Waals surface area contributed by atoms with Crippen molar-refractivity contribution < 1.29 is 4.79 Å². The van der Waals surface area contributed by atoms with Gasteiger partial charge in [-0.1, -0.05) is 50.6 Å². The number of rotatable bonds is 6. The van der Waals surface area contributed by atoms with Gasteiger partial charge in [-0.3, -0.25) is 9.78 Å². The third-order valence-electron chi connectivity index (χ3n) is 3.39. The highest BCUT2D eigenvalue weighted by molar-refractivity contribution is 5.96. The normalized spacial score (nSPS) is 10.8. The zero-order valence-corrected chi connectivity index (χ0v) is 12.2. The summed E-state index contributed by atoms with van der Waals surface area (Å²) in [5, 5.41) is 0. The van der Waals surface area contributed by atoms with Crippen LogP contribution < -0.4 is 0 Å². The first-order valence-electron chi connectivity index (χ1n) is 7.20. The van der Waals surface area contributed by atoms with Gasteiger partial charge in [-0.25, -0.2) is 0 Å². The Kier molecular flexibility index (Phi) is 5.05. The first-order valence-corrected chi connectivity index (χ1v) is 7.20. The Morgan fingerprint density at radius 3 is 2.45 bits per heavy atom. The van der Waals surface area contributed by atoms with E-state index < -0.39 is 0 Å². The zero-order chi connectivity index (χ0) is 14.4. The van der Waals surface area contributed by atoms with Crippen LogP contribution in [0.25, 0.3) is 11.1 Å². The standard InChI is InChI=1S/C18H21NO/c1-14(2)5-3-7-18(20)16-10-8-15(9-11-16)17-6-4-12-19-13-17/h4,6,8-14H,3,5,7H2,1-2H3. The summed E-state index contributed by atoms with van der Waals surface area (Å²) in [7, 11) is 0. The number of aromatic nitrogens is 1. The highest BCUT2D eigenvalue weighted by Gasteiger charge is 2.06. The number of Topliss-reactive ketones (excluding diaryl/α,β-unsaturated/α-hetero) is 1. The van der Waals surface area contributed by atoms with Crippen molar-refractivity contribution in [2.45, 2.75) is 33.1 Å². The van der Waals surface area contributed by atoms with Gasteiger partial charge >= 0.3 is 0 Å². The van der Waals surface area contributed by atoms with E-state index in [0.29, 0.717) is 12.3 Å². The van der Waals surface area contributed by atoms with Crippen molar-refractivity contribution in [3.63, 3.8) is 0 Å². The number of hydrogen-bond donors (Lipinski definition) is 0. The molecule has 1 aromatic heterocycles. The highest BCUT2D eigenvalue weighted by Crippen LogP contribution is 2.19. The molecule has 1 aromatic carbocycles. The molecule has 0 saturated carbocycles. The van der Waals surface area contributed by atoms with Gasteiger partial charge in [-0.05, 0) is 29.5 Å². The molecule has 0 bridgehead atoms. The Bertz CT molecular complexity index is 543. The molecule has 2 nitrogen and oxygen atoms in total. The number of hydrogen-bond acceptors (Lipinski definition) is 2. The number of ketones is 1. The average molecular weight is 267 g/mol. The Hall–Kier alpha value is -1.96. The predicted molar refractivity (Wildman–Crippen MR) is 82.7 cm³/mol. The summed E-state index contributed by atoms with van der Waals surface area (Å²) in [5.74, 6) is 0.902. The fraction of sp³-hybridized carbons (Fsp3) is 0.333. The molecule has 0 amide bonds. The molecule has 0 spiro atoms. The van der Waals surface area contributed by atoms with Gasteiger partial charge in [0.2, 0.25) is 0 Å². The number of carbonyl (C=O) groups is 1. The van der Waals surface area contributed by atoms with E-state index in [0.717, 1.165) is 29.5 Å². The number of nitrogens with zero attached hydrogens (tertiary/aromatic N) is 1. The molecule has 0 aliphatic heterocycles. The SMILES string of the molecule is CC(C)CCCC(=O)c1ccc(-c2cccnc2)cc1. The van der Waals surface area contributed by atoms with Crippen LogP contribution in [0, 0.1) is 5.92 Å². The summed E-state index contributed by atoms with van der Waals surface area (Å²) in [6, 6.07) is 11.8. The molecule has 104 valence electrons. The molecule has 0 aliphatic rings. The summed E-state index contributed by atoms with van der Waals surface area (Å²) in [6.45, 7) is 4.38. The lowest BCUT2D eigenvalue weighted by Crippen LogP contribution is -2.00.